The van der Waals surface area contributed by atoms with Gasteiger partial charge < -0.3 is 5.32 Å². The molecule has 118 valence electrons. The van der Waals surface area contributed by atoms with Gasteiger partial charge in [0.25, 0.3) is 5.91 Å². The highest BCUT2D eigenvalue weighted by Crippen LogP contribution is 2.10. The average molecular weight is 310 g/mol. The summed E-state index contributed by atoms with van der Waals surface area (Å²) in [6, 6.07) is 7.40. The lowest BCUT2D eigenvalue weighted by Crippen LogP contribution is -2.42. The van der Waals surface area contributed by atoms with Crippen molar-refractivity contribution in [2.75, 3.05) is 0 Å². The molecule has 1 unspecified atom stereocenters. The predicted molar refractivity (Wildman–Crippen MR) is 85.7 cm³/mol. The van der Waals surface area contributed by atoms with E-state index in [4.69, 9.17) is 0 Å². The minimum Gasteiger partial charge on any atom is -0.346 e. The fourth-order valence-corrected chi connectivity index (χ4v) is 2.26. The first-order valence-electron chi connectivity index (χ1n) is 7.48. The Kier molecular flexibility index (Phi) is 4.27. The molecule has 3 aromatic rings. The number of rotatable bonds is 5. The molecule has 1 atom stereocenters. The standard InChI is InChI=1S/C16H18N6O/c1-11(2)15(8-22-10-17-9-19-22)21-16(23)14-7-18-12-5-3-4-6-13(12)20-14/h3-7,9-11,15H,8H2,1-2H3,(H,21,23). The number of aromatic nitrogens is 5. The van der Waals surface area contributed by atoms with Crippen LogP contribution in [0.1, 0.15) is 24.3 Å². The number of fused-ring (bicyclic) bond motifs is 1. The van der Waals surface area contributed by atoms with E-state index < -0.39 is 0 Å². The van der Waals surface area contributed by atoms with Crippen LogP contribution >= 0.6 is 0 Å². The highest BCUT2D eigenvalue weighted by molar-refractivity contribution is 5.93. The van der Waals surface area contributed by atoms with Crippen molar-refractivity contribution in [3.63, 3.8) is 0 Å². The summed E-state index contributed by atoms with van der Waals surface area (Å²) >= 11 is 0. The second-order valence-corrected chi connectivity index (χ2v) is 5.69. The van der Waals surface area contributed by atoms with Gasteiger partial charge in [0, 0.05) is 0 Å². The number of nitrogens with zero attached hydrogens (tertiary/aromatic N) is 5. The van der Waals surface area contributed by atoms with Gasteiger partial charge in [0.2, 0.25) is 0 Å². The number of amides is 1. The second-order valence-electron chi connectivity index (χ2n) is 5.69. The molecule has 2 heterocycles. The van der Waals surface area contributed by atoms with Crippen LogP contribution in [0, 0.1) is 5.92 Å². The lowest BCUT2D eigenvalue weighted by Gasteiger charge is -2.22. The van der Waals surface area contributed by atoms with E-state index in [0.29, 0.717) is 17.8 Å². The minimum atomic E-state index is -0.234. The molecule has 0 spiro atoms. The first-order chi connectivity index (χ1) is 11.1. The topological polar surface area (TPSA) is 85.6 Å². The maximum atomic E-state index is 12.5. The smallest absolute Gasteiger partial charge is 0.271 e. The molecule has 2 aromatic heterocycles. The van der Waals surface area contributed by atoms with E-state index in [2.05, 4.69) is 25.4 Å². The Balaban J connectivity index is 1.77. The van der Waals surface area contributed by atoms with Crippen LogP contribution in [0.15, 0.2) is 43.1 Å². The van der Waals surface area contributed by atoms with Gasteiger partial charge in [-0.1, -0.05) is 26.0 Å². The first-order valence-corrected chi connectivity index (χ1v) is 7.48. The summed E-state index contributed by atoms with van der Waals surface area (Å²) in [6.07, 6.45) is 4.62. The van der Waals surface area contributed by atoms with Gasteiger partial charge >= 0.3 is 0 Å². The largest absolute Gasteiger partial charge is 0.346 e. The zero-order chi connectivity index (χ0) is 16.2. The number of hydrogen-bond acceptors (Lipinski definition) is 5. The van der Waals surface area contributed by atoms with Crippen LogP contribution < -0.4 is 5.32 Å². The lowest BCUT2D eigenvalue weighted by molar-refractivity contribution is 0.0914. The van der Waals surface area contributed by atoms with Crippen molar-refractivity contribution in [3.8, 4) is 0 Å². The molecule has 0 saturated carbocycles. The van der Waals surface area contributed by atoms with Crippen LogP contribution in [0.4, 0.5) is 0 Å². The quantitative estimate of drug-likeness (QED) is 0.775. The lowest BCUT2D eigenvalue weighted by atomic mass is 10.0. The number of nitrogens with one attached hydrogen (secondary N) is 1. The monoisotopic (exact) mass is 310 g/mol. The molecule has 7 nitrogen and oxygen atoms in total. The molecule has 3 rings (SSSR count). The maximum Gasteiger partial charge on any atom is 0.271 e. The second kappa shape index (κ2) is 6.51. The van der Waals surface area contributed by atoms with Crippen molar-refractivity contribution in [3.05, 3.63) is 48.8 Å². The molecule has 0 aliphatic rings. The molecule has 0 bridgehead atoms. The molecule has 1 amide bonds. The SMILES string of the molecule is CC(C)C(Cn1cncn1)NC(=O)c1cnc2ccccc2n1. The molecular formula is C16H18N6O. The molecule has 1 N–H and O–H groups in total. The normalized spacial score (nSPS) is 12.5. The van der Waals surface area contributed by atoms with Crippen molar-refractivity contribution in [1.29, 1.82) is 0 Å². The van der Waals surface area contributed by atoms with Gasteiger partial charge in [-0.05, 0) is 18.1 Å². The van der Waals surface area contributed by atoms with Gasteiger partial charge in [0.15, 0.2) is 0 Å². The van der Waals surface area contributed by atoms with E-state index in [1.165, 1.54) is 12.5 Å². The van der Waals surface area contributed by atoms with Gasteiger partial charge in [-0.15, -0.1) is 0 Å². The number of carbonyl (C=O) groups is 1. The zero-order valence-electron chi connectivity index (χ0n) is 13.0. The fourth-order valence-electron chi connectivity index (χ4n) is 2.26. The third-order valence-electron chi connectivity index (χ3n) is 3.65. The molecular weight excluding hydrogens is 292 g/mol. The minimum absolute atomic E-state index is 0.0718. The molecule has 0 radical (unpaired) electrons. The van der Waals surface area contributed by atoms with Crippen molar-refractivity contribution in [2.45, 2.75) is 26.4 Å². The third-order valence-corrected chi connectivity index (χ3v) is 3.65. The summed E-state index contributed by atoms with van der Waals surface area (Å²) in [4.78, 5) is 25.1. The summed E-state index contributed by atoms with van der Waals surface area (Å²) in [5, 5.41) is 7.09. The van der Waals surface area contributed by atoms with E-state index >= 15 is 0 Å². The number of para-hydroxylation sites is 2. The van der Waals surface area contributed by atoms with Crippen molar-refractivity contribution >= 4 is 16.9 Å². The summed E-state index contributed by atoms with van der Waals surface area (Å²) in [5.41, 5.74) is 1.79. The van der Waals surface area contributed by atoms with Crippen LogP contribution in [0.3, 0.4) is 0 Å². The van der Waals surface area contributed by atoms with Crippen LogP contribution in [-0.4, -0.2) is 36.7 Å². The molecule has 0 aliphatic carbocycles. The molecule has 7 heteroatoms. The van der Waals surface area contributed by atoms with Crippen molar-refractivity contribution < 1.29 is 4.79 Å². The van der Waals surface area contributed by atoms with Gasteiger partial charge in [-0.3, -0.25) is 14.5 Å². The Hall–Kier alpha value is -2.83. The molecule has 23 heavy (non-hydrogen) atoms. The Morgan fingerprint density at radius 2 is 2.04 bits per heavy atom. The summed E-state index contributed by atoms with van der Waals surface area (Å²) < 4.78 is 1.71. The fraction of sp³-hybridized carbons (Fsp3) is 0.312. The maximum absolute atomic E-state index is 12.5. The predicted octanol–water partition coefficient (Wildman–Crippen LogP) is 1.68. The van der Waals surface area contributed by atoms with E-state index in [-0.39, 0.29) is 17.9 Å². The summed E-state index contributed by atoms with van der Waals surface area (Å²) in [6.45, 7) is 4.66. The Morgan fingerprint density at radius 3 is 2.74 bits per heavy atom. The van der Waals surface area contributed by atoms with Gasteiger partial charge in [0.1, 0.15) is 18.3 Å². The molecule has 0 fully saturated rings. The van der Waals surface area contributed by atoms with Crippen molar-refractivity contribution in [1.82, 2.24) is 30.0 Å². The Labute approximate surface area is 133 Å². The van der Waals surface area contributed by atoms with Crippen LogP contribution in [-0.2, 0) is 6.54 Å². The number of hydrogen-bond donors (Lipinski definition) is 1. The van der Waals surface area contributed by atoms with Crippen LogP contribution in [0.5, 0.6) is 0 Å². The number of carbonyl (C=O) groups excluding carboxylic acids is 1. The van der Waals surface area contributed by atoms with E-state index in [9.17, 15) is 4.79 Å². The first kappa shape index (κ1) is 15.1. The van der Waals surface area contributed by atoms with E-state index in [0.717, 1.165) is 5.52 Å². The summed E-state index contributed by atoms with van der Waals surface area (Å²) in [5.74, 6) is 0.0126. The van der Waals surface area contributed by atoms with Crippen LogP contribution in [0.2, 0.25) is 0 Å². The molecule has 1 aromatic carbocycles. The van der Waals surface area contributed by atoms with Gasteiger partial charge in [-0.25, -0.2) is 9.97 Å². The van der Waals surface area contributed by atoms with Crippen LogP contribution in [0.25, 0.3) is 11.0 Å². The molecule has 0 saturated heterocycles. The van der Waals surface area contributed by atoms with Gasteiger partial charge in [-0.2, -0.15) is 5.10 Å². The summed E-state index contributed by atoms with van der Waals surface area (Å²) in [7, 11) is 0. The Morgan fingerprint density at radius 1 is 1.26 bits per heavy atom. The molecule has 0 aliphatic heterocycles. The highest BCUT2D eigenvalue weighted by atomic mass is 16.2. The van der Waals surface area contributed by atoms with Gasteiger partial charge in [0.05, 0.1) is 29.8 Å². The zero-order valence-corrected chi connectivity index (χ0v) is 13.0. The average Bonchev–Trinajstić information content (AvgIpc) is 3.06. The third kappa shape index (κ3) is 3.50. The van der Waals surface area contributed by atoms with Crippen molar-refractivity contribution in [2.24, 2.45) is 5.92 Å². The Bertz CT molecular complexity index is 799. The van der Waals surface area contributed by atoms with E-state index in [1.54, 1.807) is 11.0 Å². The highest BCUT2D eigenvalue weighted by Gasteiger charge is 2.19. The number of benzene rings is 1. The van der Waals surface area contributed by atoms with E-state index in [1.807, 2.05) is 38.1 Å².